The van der Waals surface area contributed by atoms with Crippen molar-refractivity contribution in [2.24, 2.45) is 5.41 Å². The molecule has 0 bridgehead atoms. The third kappa shape index (κ3) is 5.71. The minimum atomic E-state index is -0.0187. The number of benzene rings is 2. The Hall–Kier alpha value is -2.17. The molecule has 2 aromatic rings. The molecule has 1 amide bonds. The molecule has 160 valence electrons. The largest absolute Gasteiger partial charge is 0.326 e. The van der Waals surface area contributed by atoms with Crippen LogP contribution in [0.4, 0.5) is 5.69 Å². The predicted molar refractivity (Wildman–Crippen MR) is 124 cm³/mol. The van der Waals surface area contributed by atoms with Crippen LogP contribution in [0.2, 0.25) is 0 Å². The van der Waals surface area contributed by atoms with Crippen LogP contribution in [0, 0.1) is 5.41 Å². The number of hydrogen-bond donors (Lipinski definition) is 1. The monoisotopic (exact) mass is 405 g/mol. The summed E-state index contributed by atoms with van der Waals surface area (Å²) in [7, 11) is 0. The van der Waals surface area contributed by atoms with Crippen molar-refractivity contribution in [1.82, 2.24) is 9.80 Å². The third-order valence-electron chi connectivity index (χ3n) is 6.72. The Kier molecular flexibility index (Phi) is 6.86. The van der Waals surface area contributed by atoms with Crippen LogP contribution in [0.1, 0.15) is 43.7 Å². The van der Waals surface area contributed by atoms with E-state index in [0.29, 0.717) is 5.41 Å². The van der Waals surface area contributed by atoms with Crippen molar-refractivity contribution in [2.75, 3.05) is 38.0 Å². The fourth-order valence-electron chi connectivity index (χ4n) is 5.30. The van der Waals surface area contributed by atoms with E-state index in [4.69, 9.17) is 0 Å². The standard InChI is InChI=1S/C26H35N3O/c1-22(30)27-25-12-10-24(11-13-25)19-29-18-15-26(21-29)14-6-17-28(20-26)16-5-9-23-7-3-2-4-8-23/h2-4,7-8,10-13H,5-6,9,14-21H2,1H3,(H,27,30)/t26-/m1/s1. The molecule has 4 heteroatoms. The maximum Gasteiger partial charge on any atom is 0.221 e. The van der Waals surface area contributed by atoms with Gasteiger partial charge in [0.05, 0.1) is 0 Å². The first-order valence-corrected chi connectivity index (χ1v) is 11.5. The molecule has 1 N–H and O–H groups in total. The molecule has 4 nitrogen and oxygen atoms in total. The summed E-state index contributed by atoms with van der Waals surface area (Å²) in [5.74, 6) is -0.0187. The van der Waals surface area contributed by atoms with E-state index in [1.807, 2.05) is 12.1 Å². The van der Waals surface area contributed by atoms with E-state index < -0.39 is 0 Å². The molecule has 30 heavy (non-hydrogen) atoms. The number of nitrogens with one attached hydrogen (secondary N) is 1. The molecule has 2 fully saturated rings. The lowest BCUT2D eigenvalue weighted by atomic mass is 9.79. The van der Waals surface area contributed by atoms with Crippen molar-refractivity contribution < 1.29 is 4.79 Å². The van der Waals surface area contributed by atoms with Gasteiger partial charge in [-0.1, -0.05) is 42.5 Å². The lowest BCUT2D eigenvalue weighted by Gasteiger charge is -2.40. The number of likely N-dealkylation sites (tertiary alicyclic amines) is 2. The van der Waals surface area contributed by atoms with Crippen LogP contribution >= 0.6 is 0 Å². The van der Waals surface area contributed by atoms with Crippen LogP contribution < -0.4 is 5.32 Å². The summed E-state index contributed by atoms with van der Waals surface area (Å²) in [4.78, 5) is 16.5. The Morgan fingerprint density at radius 3 is 2.47 bits per heavy atom. The first kappa shape index (κ1) is 21.1. The van der Waals surface area contributed by atoms with Gasteiger partial charge in [-0.25, -0.2) is 0 Å². The molecule has 0 aliphatic carbocycles. The highest BCUT2D eigenvalue weighted by Crippen LogP contribution is 2.39. The number of carbonyl (C=O) groups excluding carboxylic acids is 1. The number of carbonyl (C=O) groups is 1. The predicted octanol–water partition coefficient (Wildman–Crippen LogP) is 4.57. The van der Waals surface area contributed by atoms with Crippen molar-refractivity contribution in [1.29, 1.82) is 0 Å². The first-order chi connectivity index (χ1) is 14.6. The van der Waals surface area contributed by atoms with Crippen LogP contribution in [0.15, 0.2) is 54.6 Å². The normalized spacial score (nSPS) is 22.4. The van der Waals surface area contributed by atoms with Gasteiger partial charge in [0.25, 0.3) is 0 Å². The van der Waals surface area contributed by atoms with E-state index in [-0.39, 0.29) is 5.91 Å². The van der Waals surface area contributed by atoms with Gasteiger partial charge in [0.2, 0.25) is 5.91 Å². The second-order valence-electron chi connectivity index (χ2n) is 9.31. The molecule has 2 saturated heterocycles. The number of aryl methyl sites for hydroxylation is 1. The van der Waals surface area contributed by atoms with E-state index >= 15 is 0 Å². The van der Waals surface area contributed by atoms with Crippen molar-refractivity contribution in [2.45, 2.75) is 45.6 Å². The highest BCUT2D eigenvalue weighted by Gasteiger charge is 2.40. The molecule has 2 aromatic carbocycles. The molecule has 0 unspecified atom stereocenters. The number of piperidine rings is 1. The van der Waals surface area contributed by atoms with Gasteiger partial charge >= 0.3 is 0 Å². The van der Waals surface area contributed by atoms with Gasteiger partial charge in [-0.3, -0.25) is 9.69 Å². The average Bonchev–Trinajstić information content (AvgIpc) is 3.11. The molecule has 0 aromatic heterocycles. The Bertz CT molecular complexity index is 820. The summed E-state index contributed by atoms with van der Waals surface area (Å²) in [6, 6.07) is 19.2. The van der Waals surface area contributed by atoms with Crippen molar-refractivity contribution in [3.63, 3.8) is 0 Å². The van der Waals surface area contributed by atoms with Crippen molar-refractivity contribution >= 4 is 11.6 Å². The molecule has 0 radical (unpaired) electrons. The Labute approximate surface area is 181 Å². The van der Waals surface area contributed by atoms with Gasteiger partial charge in [-0.15, -0.1) is 0 Å². The Morgan fingerprint density at radius 1 is 0.933 bits per heavy atom. The molecule has 2 heterocycles. The maximum absolute atomic E-state index is 11.2. The summed E-state index contributed by atoms with van der Waals surface area (Å²) in [5.41, 5.74) is 4.15. The molecule has 4 rings (SSSR count). The second kappa shape index (κ2) is 9.76. The molecule has 0 saturated carbocycles. The van der Waals surface area contributed by atoms with Crippen LogP contribution in [-0.2, 0) is 17.8 Å². The van der Waals surface area contributed by atoms with E-state index in [9.17, 15) is 4.79 Å². The first-order valence-electron chi connectivity index (χ1n) is 11.5. The highest BCUT2D eigenvalue weighted by atomic mass is 16.1. The zero-order valence-corrected chi connectivity index (χ0v) is 18.3. The molecular weight excluding hydrogens is 370 g/mol. The lowest BCUT2D eigenvalue weighted by molar-refractivity contribution is -0.114. The maximum atomic E-state index is 11.2. The summed E-state index contributed by atoms with van der Waals surface area (Å²) in [6.07, 6.45) is 6.48. The zero-order chi connectivity index (χ0) is 20.8. The van der Waals surface area contributed by atoms with Crippen LogP contribution in [0.5, 0.6) is 0 Å². The molecule has 2 aliphatic rings. The van der Waals surface area contributed by atoms with E-state index in [1.165, 1.54) is 76.0 Å². The summed E-state index contributed by atoms with van der Waals surface area (Å²) >= 11 is 0. The third-order valence-corrected chi connectivity index (χ3v) is 6.72. The average molecular weight is 406 g/mol. The number of rotatable bonds is 7. The van der Waals surface area contributed by atoms with Gasteiger partial charge < -0.3 is 10.2 Å². The van der Waals surface area contributed by atoms with Crippen molar-refractivity contribution in [3.8, 4) is 0 Å². The molecule has 1 atom stereocenters. The summed E-state index contributed by atoms with van der Waals surface area (Å²) in [6.45, 7) is 8.73. The van der Waals surface area contributed by atoms with Gasteiger partial charge in [-0.05, 0) is 80.4 Å². The van der Waals surface area contributed by atoms with Gasteiger partial charge in [0.15, 0.2) is 0 Å². The fraction of sp³-hybridized carbons (Fsp3) is 0.500. The SMILES string of the molecule is CC(=O)Nc1ccc(CN2CC[C@@]3(CCCN(CCCc4ccccc4)C3)C2)cc1. The number of nitrogens with zero attached hydrogens (tertiary/aromatic N) is 2. The van der Waals surface area contributed by atoms with Crippen LogP contribution in [0.25, 0.3) is 0 Å². The molecule has 2 aliphatic heterocycles. The van der Waals surface area contributed by atoms with Crippen LogP contribution in [0.3, 0.4) is 0 Å². The number of amides is 1. The summed E-state index contributed by atoms with van der Waals surface area (Å²) in [5, 5.41) is 2.85. The minimum absolute atomic E-state index is 0.0187. The van der Waals surface area contributed by atoms with Gasteiger partial charge in [0, 0.05) is 32.2 Å². The topological polar surface area (TPSA) is 35.6 Å². The van der Waals surface area contributed by atoms with Gasteiger partial charge in [-0.2, -0.15) is 0 Å². The quantitative estimate of drug-likeness (QED) is 0.733. The minimum Gasteiger partial charge on any atom is -0.326 e. The number of anilines is 1. The summed E-state index contributed by atoms with van der Waals surface area (Å²) < 4.78 is 0. The number of hydrogen-bond acceptors (Lipinski definition) is 3. The van der Waals surface area contributed by atoms with Gasteiger partial charge in [0.1, 0.15) is 0 Å². The molecule has 1 spiro atoms. The molecular formula is C26H35N3O. The Morgan fingerprint density at radius 2 is 1.70 bits per heavy atom. The van der Waals surface area contributed by atoms with E-state index in [1.54, 1.807) is 6.92 Å². The van der Waals surface area contributed by atoms with Crippen molar-refractivity contribution in [3.05, 3.63) is 65.7 Å². The van der Waals surface area contributed by atoms with E-state index in [2.05, 4.69) is 57.6 Å². The Balaban J connectivity index is 1.25. The lowest BCUT2D eigenvalue weighted by Crippen LogP contribution is -2.45. The fourth-order valence-corrected chi connectivity index (χ4v) is 5.30. The second-order valence-corrected chi connectivity index (χ2v) is 9.31. The zero-order valence-electron chi connectivity index (χ0n) is 18.3. The van der Waals surface area contributed by atoms with Crippen LogP contribution in [-0.4, -0.2) is 48.4 Å². The van der Waals surface area contributed by atoms with E-state index in [0.717, 1.165) is 12.2 Å². The highest BCUT2D eigenvalue weighted by molar-refractivity contribution is 5.88. The smallest absolute Gasteiger partial charge is 0.221 e.